The number of nitrogens with zero attached hydrogens (tertiary/aromatic N) is 1. The summed E-state index contributed by atoms with van der Waals surface area (Å²) in [5.74, 6) is 0.327. The summed E-state index contributed by atoms with van der Waals surface area (Å²) in [6.45, 7) is 0.703. The van der Waals surface area contributed by atoms with Gasteiger partial charge in [-0.25, -0.2) is 0 Å². The fraction of sp³-hybridized carbons (Fsp3) is 0.533. The zero-order valence-corrected chi connectivity index (χ0v) is 12.3. The molecule has 21 heavy (non-hydrogen) atoms. The highest BCUT2D eigenvalue weighted by Crippen LogP contribution is 2.29. The number of anilines is 1. The van der Waals surface area contributed by atoms with Gasteiger partial charge in [0, 0.05) is 24.8 Å². The SMILES string of the molecule is CNC(=O)c1cc(NC(=O)[C@H]2CC[C@H](CN)CC2)ccn1. The smallest absolute Gasteiger partial charge is 0.269 e. The van der Waals surface area contributed by atoms with Crippen LogP contribution in [0.4, 0.5) is 5.69 Å². The predicted molar refractivity (Wildman–Crippen MR) is 80.8 cm³/mol. The Balaban J connectivity index is 1.95. The minimum Gasteiger partial charge on any atom is -0.354 e. The highest BCUT2D eigenvalue weighted by Gasteiger charge is 2.25. The molecule has 0 aliphatic heterocycles. The fourth-order valence-corrected chi connectivity index (χ4v) is 2.67. The zero-order chi connectivity index (χ0) is 15.2. The van der Waals surface area contributed by atoms with Gasteiger partial charge in [0.05, 0.1) is 0 Å². The molecule has 1 aliphatic rings. The molecule has 0 spiro atoms. The third-order valence-corrected chi connectivity index (χ3v) is 4.04. The van der Waals surface area contributed by atoms with E-state index in [1.165, 1.54) is 6.20 Å². The van der Waals surface area contributed by atoms with Gasteiger partial charge in [-0.3, -0.25) is 14.6 Å². The zero-order valence-electron chi connectivity index (χ0n) is 12.3. The van der Waals surface area contributed by atoms with Crippen LogP contribution in [0.5, 0.6) is 0 Å². The van der Waals surface area contributed by atoms with Crippen LogP contribution in [0.2, 0.25) is 0 Å². The highest BCUT2D eigenvalue weighted by molar-refractivity contribution is 5.96. The second-order valence-electron chi connectivity index (χ2n) is 5.45. The summed E-state index contributed by atoms with van der Waals surface area (Å²) >= 11 is 0. The van der Waals surface area contributed by atoms with Gasteiger partial charge in [0.25, 0.3) is 5.91 Å². The maximum atomic E-state index is 12.2. The number of nitrogens with two attached hydrogens (primary N) is 1. The van der Waals surface area contributed by atoms with Crippen molar-refractivity contribution in [2.75, 3.05) is 18.9 Å². The standard InChI is InChI=1S/C15H22N4O2/c1-17-15(21)13-8-12(6-7-18-13)19-14(20)11-4-2-10(9-16)3-5-11/h6-8,10-11H,2-5,9,16H2,1H3,(H,17,21)(H,18,19,20)/t10-,11-. The first kappa shape index (κ1) is 15.4. The van der Waals surface area contributed by atoms with Crippen molar-refractivity contribution in [3.8, 4) is 0 Å². The Morgan fingerprint density at radius 3 is 2.67 bits per heavy atom. The van der Waals surface area contributed by atoms with E-state index in [2.05, 4.69) is 15.6 Å². The van der Waals surface area contributed by atoms with E-state index in [0.717, 1.165) is 25.7 Å². The van der Waals surface area contributed by atoms with E-state index in [1.54, 1.807) is 19.2 Å². The van der Waals surface area contributed by atoms with Gasteiger partial charge in [-0.05, 0) is 50.3 Å². The van der Waals surface area contributed by atoms with E-state index in [0.29, 0.717) is 23.8 Å². The monoisotopic (exact) mass is 290 g/mol. The molecule has 1 fully saturated rings. The number of rotatable bonds is 4. The number of nitrogens with one attached hydrogen (secondary N) is 2. The Bertz CT molecular complexity index is 510. The minimum atomic E-state index is -0.269. The van der Waals surface area contributed by atoms with Crippen LogP contribution < -0.4 is 16.4 Å². The topological polar surface area (TPSA) is 97.1 Å². The van der Waals surface area contributed by atoms with Gasteiger partial charge < -0.3 is 16.4 Å². The number of hydrogen-bond acceptors (Lipinski definition) is 4. The van der Waals surface area contributed by atoms with Crippen molar-refractivity contribution in [2.45, 2.75) is 25.7 Å². The maximum absolute atomic E-state index is 12.2. The summed E-state index contributed by atoms with van der Waals surface area (Å²) in [6.07, 6.45) is 5.29. The number of carbonyl (C=O) groups is 2. The first-order valence-electron chi connectivity index (χ1n) is 7.33. The molecule has 6 heteroatoms. The summed E-state index contributed by atoms with van der Waals surface area (Å²) in [4.78, 5) is 27.7. The second kappa shape index (κ2) is 7.17. The van der Waals surface area contributed by atoms with Crippen LogP contribution in [0.3, 0.4) is 0 Å². The molecular weight excluding hydrogens is 268 g/mol. The van der Waals surface area contributed by atoms with E-state index in [1.807, 2.05) is 0 Å². The van der Waals surface area contributed by atoms with Crippen molar-refractivity contribution >= 4 is 17.5 Å². The number of pyridine rings is 1. The lowest BCUT2D eigenvalue weighted by atomic mass is 9.81. The Hall–Kier alpha value is -1.95. The van der Waals surface area contributed by atoms with Crippen molar-refractivity contribution in [2.24, 2.45) is 17.6 Å². The number of aromatic nitrogens is 1. The molecule has 1 saturated carbocycles. The van der Waals surface area contributed by atoms with Gasteiger partial charge in [-0.2, -0.15) is 0 Å². The molecule has 1 heterocycles. The van der Waals surface area contributed by atoms with Crippen molar-refractivity contribution in [3.05, 3.63) is 24.0 Å². The first-order valence-corrected chi connectivity index (χ1v) is 7.33. The maximum Gasteiger partial charge on any atom is 0.269 e. The predicted octanol–water partition coefficient (Wildman–Crippen LogP) is 1.14. The summed E-state index contributed by atoms with van der Waals surface area (Å²) in [6, 6.07) is 3.28. The first-order chi connectivity index (χ1) is 10.1. The third kappa shape index (κ3) is 4.01. The van der Waals surface area contributed by atoms with Gasteiger partial charge in [0.15, 0.2) is 0 Å². The normalized spacial score (nSPS) is 21.6. The Morgan fingerprint density at radius 1 is 1.33 bits per heavy atom. The molecule has 0 unspecified atom stereocenters. The third-order valence-electron chi connectivity index (χ3n) is 4.04. The van der Waals surface area contributed by atoms with Gasteiger partial charge in [-0.15, -0.1) is 0 Å². The van der Waals surface area contributed by atoms with Crippen LogP contribution in [-0.4, -0.2) is 30.4 Å². The van der Waals surface area contributed by atoms with E-state index < -0.39 is 0 Å². The molecular formula is C15H22N4O2. The molecule has 1 aliphatic carbocycles. The number of hydrogen-bond donors (Lipinski definition) is 3. The number of amides is 2. The van der Waals surface area contributed by atoms with Gasteiger partial charge in [0.2, 0.25) is 5.91 Å². The largest absolute Gasteiger partial charge is 0.354 e. The fourth-order valence-electron chi connectivity index (χ4n) is 2.67. The molecule has 0 aromatic carbocycles. The summed E-state index contributed by atoms with van der Waals surface area (Å²) in [7, 11) is 1.55. The van der Waals surface area contributed by atoms with Crippen LogP contribution in [0, 0.1) is 11.8 Å². The molecule has 0 atom stereocenters. The van der Waals surface area contributed by atoms with Crippen molar-refractivity contribution in [3.63, 3.8) is 0 Å². The van der Waals surface area contributed by atoms with Gasteiger partial charge in [-0.1, -0.05) is 0 Å². The Morgan fingerprint density at radius 2 is 2.05 bits per heavy atom. The molecule has 0 radical (unpaired) electrons. The molecule has 1 aromatic heterocycles. The van der Waals surface area contributed by atoms with Crippen LogP contribution >= 0.6 is 0 Å². The molecule has 1 aromatic rings. The molecule has 2 rings (SSSR count). The number of carbonyl (C=O) groups excluding carboxylic acids is 2. The Kier molecular flexibility index (Phi) is 5.27. The quantitative estimate of drug-likeness (QED) is 0.774. The summed E-state index contributed by atoms with van der Waals surface area (Å²) in [5.41, 5.74) is 6.56. The van der Waals surface area contributed by atoms with Crippen LogP contribution in [0.15, 0.2) is 18.3 Å². The average Bonchev–Trinajstić information content (AvgIpc) is 2.54. The Labute approximate surface area is 124 Å². The summed E-state index contributed by atoms with van der Waals surface area (Å²) < 4.78 is 0. The van der Waals surface area contributed by atoms with Crippen LogP contribution in [0.25, 0.3) is 0 Å². The van der Waals surface area contributed by atoms with E-state index >= 15 is 0 Å². The van der Waals surface area contributed by atoms with E-state index in [9.17, 15) is 9.59 Å². The minimum absolute atomic E-state index is 0.0135. The van der Waals surface area contributed by atoms with Gasteiger partial charge in [0.1, 0.15) is 5.69 Å². The van der Waals surface area contributed by atoms with Crippen LogP contribution in [-0.2, 0) is 4.79 Å². The lowest BCUT2D eigenvalue weighted by Gasteiger charge is -2.26. The second-order valence-corrected chi connectivity index (χ2v) is 5.45. The van der Waals surface area contributed by atoms with E-state index in [4.69, 9.17) is 5.73 Å². The average molecular weight is 290 g/mol. The van der Waals surface area contributed by atoms with Crippen LogP contribution in [0.1, 0.15) is 36.2 Å². The molecule has 4 N–H and O–H groups in total. The highest BCUT2D eigenvalue weighted by atomic mass is 16.2. The molecule has 2 amide bonds. The lowest BCUT2D eigenvalue weighted by molar-refractivity contribution is -0.121. The van der Waals surface area contributed by atoms with Crippen molar-refractivity contribution < 1.29 is 9.59 Å². The summed E-state index contributed by atoms with van der Waals surface area (Å²) in [5, 5.41) is 5.38. The van der Waals surface area contributed by atoms with E-state index in [-0.39, 0.29) is 17.7 Å². The molecule has 0 bridgehead atoms. The van der Waals surface area contributed by atoms with Crippen molar-refractivity contribution in [1.82, 2.24) is 10.3 Å². The molecule has 0 saturated heterocycles. The molecule has 114 valence electrons. The molecule has 6 nitrogen and oxygen atoms in total. The van der Waals surface area contributed by atoms with Gasteiger partial charge >= 0.3 is 0 Å². The van der Waals surface area contributed by atoms with Crippen molar-refractivity contribution in [1.29, 1.82) is 0 Å². The lowest BCUT2D eigenvalue weighted by Crippen LogP contribution is -2.29.